The highest BCUT2D eigenvalue weighted by Crippen LogP contribution is 2.52. The van der Waals surface area contributed by atoms with Gasteiger partial charge >= 0.3 is 5.91 Å². The molecule has 0 radical (unpaired) electrons. The maximum absolute atomic E-state index is 12.6. The fourth-order valence-corrected chi connectivity index (χ4v) is 4.96. The molecule has 3 atom stereocenters. The van der Waals surface area contributed by atoms with Crippen LogP contribution < -0.4 is 0 Å². The van der Waals surface area contributed by atoms with Gasteiger partial charge in [0.15, 0.2) is 6.61 Å². The van der Waals surface area contributed by atoms with Crippen LogP contribution in [0.1, 0.15) is 67.2 Å². The van der Waals surface area contributed by atoms with E-state index >= 15 is 0 Å². The minimum atomic E-state index is -0.249. The predicted octanol–water partition coefficient (Wildman–Crippen LogP) is 3.97. The van der Waals surface area contributed by atoms with Crippen LogP contribution in [0, 0.1) is 17.3 Å². The van der Waals surface area contributed by atoms with Gasteiger partial charge in [0.2, 0.25) is 5.72 Å². The van der Waals surface area contributed by atoms with Crippen molar-refractivity contribution in [3.63, 3.8) is 0 Å². The fourth-order valence-electron chi connectivity index (χ4n) is 4.96. The Morgan fingerprint density at radius 3 is 2.38 bits per heavy atom. The smallest absolute Gasteiger partial charge is 0.312 e. The average Bonchev–Trinajstić information content (AvgIpc) is 2.75. The molecule has 0 aromatic heterocycles. The van der Waals surface area contributed by atoms with Gasteiger partial charge in [0.05, 0.1) is 13.1 Å². The Labute approximate surface area is 130 Å². The summed E-state index contributed by atoms with van der Waals surface area (Å²) in [6, 6.07) is 0. The molecule has 1 saturated carbocycles. The number of ether oxygens (including phenoxy) is 1. The highest BCUT2D eigenvalue weighted by molar-refractivity contribution is 5.72. The molecule has 0 N–H and O–H groups in total. The van der Waals surface area contributed by atoms with Gasteiger partial charge in [0.1, 0.15) is 0 Å². The number of hydrogen-bond acceptors (Lipinski definition) is 2. The summed E-state index contributed by atoms with van der Waals surface area (Å²) >= 11 is 0. The lowest BCUT2D eigenvalue weighted by atomic mass is 9.64. The maximum Gasteiger partial charge on any atom is 0.342 e. The van der Waals surface area contributed by atoms with Crippen molar-refractivity contribution in [1.82, 2.24) is 0 Å². The van der Waals surface area contributed by atoms with Crippen LogP contribution in [-0.2, 0) is 9.53 Å². The SMILES string of the molecule is CCC(C)(C)C1CCC2(OCC(=O)[N+]2(CC)CC)C(C)C1. The van der Waals surface area contributed by atoms with Gasteiger partial charge in [0.25, 0.3) is 0 Å². The molecule has 0 bridgehead atoms. The van der Waals surface area contributed by atoms with Crippen LogP contribution >= 0.6 is 0 Å². The molecule has 3 nitrogen and oxygen atoms in total. The van der Waals surface area contributed by atoms with E-state index in [0.717, 1.165) is 25.4 Å². The van der Waals surface area contributed by atoms with Crippen molar-refractivity contribution in [3.05, 3.63) is 0 Å². The first kappa shape index (κ1) is 17.0. The zero-order valence-electron chi connectivity index (χ0n) is 14.9. The van der Waals surface area contributed by atoms with Crippen LogP contribution in [0.4, 0.5) is 0 Å². The van der Waals surface area contributed by atoms with Crippen molar-refractivity contribution in [1.29, 1.82) is 0 Å². The zero-order valence-corrected chi connectivity index (χ0v) is 14.9. The lowest BCUT2D eigenvalue weighted by Crippen LogP contribution is -2.67. The summed E-state index contributed by atoms with van der Waals surface area (Å²) in [6.45, 7) is 15.7. The number of carbonyl (C=O) groups is 1. The van der Waals surface area contributed by atoms with Gasteiger partial charge in [-0.3, -0.25) is 0 Å². The normalized spacial score (nSPS) is 36.4. The van der Waals surface area contributed by atoms with E-state index in [4.69, 9.17) is 4.74 Å². The Morgan fingerprint density at radius 2 is 1.90 bits per heavy atom. The second-order valence-electron chi connectivity index (χ2n) is 7.84. The Morgan fingerprint density at radius 1 is 1.29 bits per heavy atom. The molecule has 1 heterocycles. The average molecular weight is 296 g/mol. The van der Waals surface area contributed by atoms with E-state index in [1.165, 1.54) is 19.3 Å². The van der Waals surface area contributed by atoms with E-state index in [9.17, 15) is 4.79 Å². The first-order valence-corrected chi connectivity index (χ1v) is 8.84. The molecule has 1 aliphatic heterocycles. The first-order valence-electron chi connectivity index (χ1n) is 8.84. The van der Waals surface area contributed by atoms with Gasteiger partial charge in [0, 0.05) is 12.3 Å². The Kier molecular flexibility index (Phi) is 4.57. The van der Waals surface area contributed by atoms with Gasteiger partial charge in [-0.25, -0.2) is 9.28 Å². The van der Waals surface area contributed by atoms with Crippen LogP contribution in [0.2, 0.25) is 0 Å². The Hall–Kier alpha value is -0.410. The monoisotopic (exact) mass is 296 g/mol. The molecule has 1 amide bonds. The van der Waals surface area contributed by atoms with Crippen LogP contribution in [0.3, 0.4) is 0 Å². The second kappa shape index (κ2) is 5.66. The van der Waals surface area contributed by atoms with Crippen molar-refractivity contribution in [2.24, 2.45) is 17.3 Å². The third-order valence-corrected chi connectivity index (χ3v) is 7.00. The van der Waals surface area contributed by atoms with Crippen molar-refractivity contribution < 1.29 is 14.0 Å². The van der Waals surface area contributed by atoms with E-state index in [2.05, 4.69) is 41.5 Å². The van der Waals surface area contributed by atoms with E-state index in [1.54, 1.807) is 0 Å². The number of hydrogen-bond donors (Lipinski definition) is 0. The fraction of sp³-hybridized carbons (Fsp3) is 0.944. The van der Waals surface area contributed by atoms with Gasteiger partial charge in [-0.2, -0.15) is 0 Å². The van der Waals surface area contributed by atoms with Crippen LogP contribution in [0.5, 0.6) is 0 Å². The number of nitrogens with zero attached hydrogens (tertiary/aromatic N) is 1. The summed E-state index contributed by atoms with van der Waals surface area (Å²) in [5, 5.41) is 0. The van der Waals surface area contributed by atoms with Crippen molar-refractivity contribution in [2.75, 3.05) is 19.7 Å². The standard InChI is InChI=1S/C18H34NO2/c1-7-17(5,6)15-10-11-18(14(4)12-15)19(8-2,9-3)16(20)13-21-18/h14-15H,7-13H2,1-6H3/q+1. The summed E-state index contributed by atoms with van der Waals surface area (Å²) in [6.07, 6.45) is 4.64. The summed E-state index contributed by atoms with van der Waals surface area (Å²) in [7, 11) is 0. The minimum Gasteiger partial charge on any atom is -0.312 e. The quantitative estimate of drug-likeness (QED) is 0.734. The third kappa shape index (κ3) is 2.28. The molecule has 3 heteroatoms. The molecule has 1 spiro atoms. The number of likely N-dealkylation sites (N-methyl/N-ethyl adjacent to an activating group) is 1. The van der Waals surface area contributed by atoms with Gasteiger partial charge in [-0.1, -0.05) is 34.1 Å². The predicted molar refractivity (Wildman–Crippen MR) is 85.6 cm³/mol. The summed E-state index contributed by atoms with van der Waals surface area (Å²) < 4.78 is 6.77. The van der Waals surface area contributed by atoms with E-state index in [1.807, 2.05) is 0 Å². The molecule has 122 valence electrons. The highest BCUT2D eigenvalue weighted by Gasteiger charge is 2.64. The molecule has 0 aromatic rings. The topological polar surface area (TPSA) is 26.3 Å². The second-order valence-corrected chi connectivity index (χ2v) is 7.84. The zero-order chi connectivity index (χ0) is 15.9. The van der Waals surface area contributed by atoms with E-state index < -0.39 is 0 Å². The minimum absolute atomic E-state index is 0.249. The molecule has 3 unspecified atom stereocenters. The summed E-state index contributed by atoms with van der Waals surface area (Å²) in [5.74, 6) is 1.49. The molecule has 0 aromatic carbocycles. The molecule has 1 saturated heterocycles. The van der Waals surface area contributed by atoms with Crippen LogP contribution in [0.15, 0.2) is 0 Å². The van der Waals surface area contributed by atoms with Crippen LogP contribution in [0.25, 0.3) is 0 Å². The highest BCUT2D eigenvalue weighted by atomic mass is 16.5. The Balaban J connectivity index is 2.28. The molecule has 21 heavy (non-hydrogen) atoms. The van der Waals surface area contributed by atoms with Gasteiger partial charge in [-0.05, 0) is 38.0 Å². The van der Waals surface area contributed by atoms with Crippen molar-refractivity contribution in [2.45, 2.75) is 73.0 Å². The molecule has 1 aliphatic carbocycles. The maximum atomic E-state index is 12.6. The van der Waals surface area contributed by atoms with E-state index in [-0.39, 0.29) is 5.72 Å². The number of carbonyl (C=O) groups excluding carboxylic acids is 1. The molecule has 2 fully saturated rings. The number of rotatable bonds is 4. The first-order chi connectivity index (χ1) is 9.79. The molecular formula is C18H34NO2+. The third-order valence-electron chi connectivity index (χ3n) is 7.00. The summed E-state index contributed by atoms with van der Waals surface area (Å²) in [4.78, 5) is 12.6. The number of quaternary nitrogens is 1. The molecular weight excluding hydrogens is 262 g/mol. The Bertz CT molecular complexity index is 400. The van der Waals surface area contributed by atoms with Crippen LogP contribution in [-0.4, -0.2) is 35.8 Å². The van der Waals surface area contributed by atoms with E-state index in [0.29, 0.717) is 28.3 Å². The summed E-state index contributed by atoms with van der Waals surface area (Å²) in [5.41, 5.74) is 0.146. The van der Waals surface area contributed by atoms with Crippen molar-refractivity contribution >= 4 is 5.91 Å². The van der Waals surface area contributed by atoms with Crippen molar-refractivity contribution in [3.8, 4) is 0 Å². The largest absolute Gasteiger partial charge is 0.342 e. The van der Waals surface area contributed by atoms with Gasteiger partial charge < -0.3 is 4.74 Å². The van der Waals surface area contributed by atoms with Gasteiger partial charge in [-0.15, -0.1) is 0 Å². The number of amides is 1. The lowest BCUT2D eigenvalue weighted by molar-refractivity contribution is -0.922. The lowest BCUT2D eigenvalue weighted by Gasteiger charge is -2.52. The molecule has 2 rings (SSSR count). The molecule has 2 aliphatic rings.